The van der Waals surface area contributed by atoms with Gasteiger partial charge in [-0.15, -0.1) is 0 Å². The van der Waals surface area contributed by atoms with E-state index >= 15 is 0 Å². The molecule has 0 bridgehead atoms. The number of sulfonamides is 1. The second kappa shape index (κ2) is 6.30. The first kappa shape index (κ1) is 15.9. The predicted molar refractivity (Wildman–Crippen MR) is 78.9 cm³/mol. The molecule has 1 rings (SSSR count). The Labute approximate surface area is 116 Å². The van der Waals surface area contributed by atoms with Crippen LogP contribution in [0, 0.1) is 11.8 Å². The lowest BCUT2D eigenvalue weighted by molar-refractivity contribution is 0.368. The van der Waals surface area contributed by atoms with Crippen molar-refractivity contribution in [3.63, 3.8) is 0 Å². The first-order valence-corrected chi connectivity index (χ1v) is 8.59. The molecule has 4 atom stereocenters. The summed E-state index contributed by atoms with van der Waals surface area (Å²) >= 11 is 4.84. The molecule has 4 nitrogen and oxygen atoms in total. The van der Waals surface area contributed by atoms with E-state index in [0.717, 1.165) is 19.3 Å². The van der Waals surface area contributed by atoms with Crippen molar-refractivity contribution in [1.82, 2.24) is 4.72 Å². The van der Waals surface area contributed by atoms with Crippen LogP contribution in [0.25, 0.3) is 0 Å². The number of thiocarbonyl (C=S) groups is 1. The van der Waals surface area contributed by atoms with Crippen LogP contribution in [0.1, 0.15) is 46.5 Å². The second-order valence-corrected chi connectivity index (χ2v) is 7.54. The summed E-state index contributed by atoms with van der Waals surface area (Å²) in [7, 11) is -3.44. The van der Waals surface area contributed by atoms with Gasteiger partial charge in [0.15, 0.2) is 0 Å². The summed E-state index contributed by atoms with van der Waals surface area (Å²) in [5.41, 5.74) is 5.51. The summed E-state index contributed by atoms with van der Waals surface area (Å²) in [6.45, 7) is 6.06. The van der Waals surface area contributed by atoms with E-state index in [1.807, 2.05) is 0 Å². The molecule has 0 spiro atoms. The zero-order chi connectivity index (χ0) is 13.9. The molecule has 0 saturated heterocycles. The molecule has 6 heteroatoms. The van der Waals surface area contributed by atoms with Crippen molar-refractivity contribution in [2.75, 3.05) is 0 Å². The fraction of sp³-hybridized carbons (Fsp3) is 0.917. The second-order valence-electron chi connectivity index (χ2n) is 5.17. The minimum atomic E-state index is -3.44. The SMILES string of the molecule is CCC1CCC(NS(=O)(=O)C(CC)C(N)=S)C1C. The predicted octanol–water partition coefficient (Wildman–Crippen LogP) is 1.80. The molecule has 1 aliphatic rings. The molecule has 1 aliphatic carbocycles. The van der Waals surface area contributed by atoms with Crippen LogP contribution in [0.3, 0.4) is 0 Å². The van der Waals surface area contributed by atoms with Crippen LogP contribution >= 0.6 is 12.2 Å². The van der Waals surface area contributed by atoms with Crippen molar-refractivity contribution in [2.24, 2.45) is 17.6 Å². The van der Waals surface area contributed by atoms with E-state index in [9.17, 15) is 8.42 Å². The maximum Gasteiger partial charge on any atom is 0.221 e. The largest absolute Gasteiger partial charge is 0.392 e. The van der Waals surface area contributed by atoms with Crippen LogP contribution in [-0.4, -0.2) is 24.7 Å². The van der Waals surface area contributed by atoms with Gasteiger partial charge in [-0.05, 0) is 31.1 Å². The molecular weight excluding hydrogens is 268 g/mol. The number of rotatable bonds is 6. The van der Waals surface area contributed by atoms with E-state index in [1.54, 1.807) is 6.92 Å². The maximum atomic E-state index is 12.2. The molecule has 3 N–H and O–H groups in total. The van der Waals surface area contributed by atoms with Crippen LogP contribution in [0.2, 0.25) is 0 Å². The van der Waals surface area contributed by atoms with Crippen LogP contribution in [0.4, 0.5) is 0 Å². The molecule has 0 aromatic carbocycles. The molecule has 0 aromatic heterocycles. The Morgan fingerprint density at radius 3 is 2.44 bits per heavy atom. The van der Waals surface area contributed by atoms with Gasteiger partial charge in [-0.3, -0.25) is 0 Å². The van der Waals surface area contributed by atoms with Crippen LogP contribution in [0.15, 0.2) is 0 Å². The van der Waals surface area contributed by atoms with Gasteiger partial charge in [0.05, 0.1) is 4.99 Å². The number of hydrogen-bond acceptors (Lipinski definition) is 3. The quantitative estimate of drug-likeness (QED) is 0.732. The Morgan fingerprint density at radius 2 is 2.06 bits per heavy atom. The Balaban J connectivity index is 2.75. The highest BCUT2D eigenvalue weighted by Gasteiger charge is 2.36. The average molecular weight is 292 g/mol. The van der Waals surface area contributed by atoms with E-state index in [0.29, 0.717) is 18.3 Å². The van der Waals surface area contributed by atoms with Gasteiger partial charge in [-0.1, -0.05) is 39.4 Å². The van der Waals surface area contributed by atoms with E-state index in [1.165, 1.54) is 0 Å². The van der Waals surface area contributed by atoms with Crippen molar-refractivity contribution in [1.29, 1.82) is 0 Å². The Bertz CT molecular complexity index is 395. The molecule has 0 aromatic rings. The molecule has 0 aliphatic heterocycles. The molecule has 106 valence electrons. The standard InChI is InChI=1S/C12H24N2O2S2/c1-4-9-6-7-10(8(9)3)14-18(15,16)11(5-2)12(13)17/h8-11,14H,4-7H2,1-3H3,(H2,13,17). The highest BCUT2D eigenvalue weighted by Crippen LogP contribution is 2.34. The van der Waals surface area contributed by atoms with Crippen LogP contribution < -0.4 is 10.5 Å². The molecule has 1 fully saturated rings. The molecular formula is C12H24N2O2S2. The lowest BCUT2D eigenvalue weighted by Gasteiger charge is -2.23. The first-order chi connectivity index (χ1) is 8.33. The summed E-state index contributed by atoms with van der Waals surface area (Å²) in [6.07, 6.45) is 3.52. The Hall–Kier alpha value is -0.200. The fourth-order valence-electron chi connectivity index (χ4n) is 2.86. The Kier molecular flexibility index (Phi) is 5.55. The zero-order valence-corrected chi connectivity index (χ0v) is 13.0. The van der Waals surface area contributed by atoms with Crippen molar-refractivity contribution in [2.45, 2.75) is 57.7 Å². The summed E-state index contributed by atoms with van der Waals surface area (Å²) in [4.78, 5) is 0.0580. The lowest BCUT2D eigenvalue weighted by atomic mass is 9.94. The number of hydrogen-bond donors (Lipinski definition) is 2. The third-order valence-electron chi connectivity index (χ3n) is 4.13. The number of nitrogens with one attached hydrogen (secondary N) is 1. The molecule has 0 heterocycles. The third-order valence-corrected chi connectivity index (χ3v) is 6.53. The topological polar surface area (TPSA) is 72.2 Å². The summed E-state index contributed by atoms with van der Waals surface area (Å²) < 4.78 is 27.2. The first-order valence-electron chi connectivity index (χ1n) is 6.63. The van der Waals surface area contributed by atoms with Gasteiger partial charge >= 0.3 is 0 Å². The molecule has 0 radical (unpaired) electrons. The van der Waals surface area contributed by atoms with E-state index in [4.69, 9.17) is 18.0 Å². The molecule has 0 amide bonds. The minimum absolute atomic E-state index is 0.0309. The summed E-state index contributed by atoms with van der Waals surface area (Å²) in [5.74, 6) is 0.997. The Morgan fingerprint density at radius 1 is 1.44 bits per heavy atom. The van der Waals surface area contributed by atoms with E-state index in [-0.39, 0.29) is 11.0 Å². The van der Waals surface area contributed by atoms with Gasteiger partial charge in [0, 0.05) is 6.04 Å². The third kappa shape index (κ3) is 3.42. The molecule has 1 saturated carbocycles. The summed E-state index contributed by atoms with van der Waals surface area (Å²) in [5, 5.41) is -0.750. The van der Waals surface area contributed by atoms with Gasteiger partial charge in [0.25, 0.3) is 0 Å². The average Bonchev–Trinajstić information content (AvgIpc) is 2.59. The van der Waals surface area contributed by atoms with Crippen molar-refractivity contribution in [3.05, 3.63) is 0 Å². The highest BCUT2D eigenvalue weighted by molar-refractivity contribution is 7.93. The van der Waals surface area contributed by atoms with Gasteiger partial charge < -0.3 is 5.73 Å². The van der Waals surface area contributed by atoms with E-state index in [2.05, 4.69) is 18.6 Å². The van der Waals surface area contributed by atoms with Gasteiger partial charge in [0.2, 0.25) is 10.0 Å². The van der Waals surface area contributed by atoms with Crippen LogP contribution in [-0.2, 0) is 10.0 Å². The van der Waals surface area contributed by atoms with Crippen molar-refractivity contribution >= 4 is 27.2 Å². The molecule has 4 unspecified atom stereocenters. The summed E-state index contributed by atoms with van der Waals surface area (Å²) in [6, 6.07) is 0.0309. The van der Waals surface area contributed by atoms with Crippen LogP contribution in [0.5, 0.6) is 0 Å². The highest BCUT2D eigenvalue weighted by atomic mass is 32.2. The minimum Gasteiger partial charge on any atom is -0.392 e. The van der Waals surface area contributed by atoms with E-state index < -0.39 is 15.3 Å². The molecule has 18 heavy (non-hydrogen) atoms. The van der Waals surface area contributed by atoms with Gasteiger partial charge in [-0.25, -0.2) is 13.1 Å². The normalized spacial score (nSPS) is 30.3. The smallest absolute Gasteiger partial charge is 0.221 e. The number of nitrogens with two attached hydrogens (primary N) is 1. The van der Waals surface area contributed by atoms with Crippen molar-refractivity contribution in [3.8, 4) is 0 Å². The fourth-order valence-corrected chi connectivity index (χ4v) is 5.07. The lowest BCUT2D eigenvalue weighted by Crippen LogP contribution is -2.46. The maximum absolute atomic E-state index is 12.2. The monoisotopic (exact) mass is 292 g/mol. The van der Waals surface area contributed by atoms with Gasteiger partial charge in [-0.2, -0.15) is 0 Å². The van der Waals surface area contributed by atoms with Crippen molar-refractivity contribution < 1.29 is 8.42 Å². The van der Waals surface area contributed by atoms with Gasteiger partial charge in [0.1, 0.15) is 5.25 Å². The zero-order valence-electron chi connectivity index (χ0n) is 11.3.